The SMILES string of the molecule is O=C(/C=C/c1ccccc1)NC(/C=N\N1CC(=O)NC1=O)Cc1ccccc1. The van der Waals surface area contributed by atoms with Gasteiger partial charge in [0, 0.05) is 12.3 Å². The number of rotatable bonds is 7. The summed E-state index contributed by atoms with van der Waals surface area (Å²) in [6, 6.07) is 18.1. The minimum absolute atomic E-state index is 0.130. The van der Waals surface area contributed by atoms with Crippen LogP contribution in [0.5, 0.6) is 0 Å². The van der Waals surface area contributed by atoms with Crippen LogP contribution < -0.4 is 10.6 Å². The molecule has 2 aromatic rings. The summed E-state index contributed by atoms with van der Waals surface area (Å²) in [7, 11) is 0. The molecular weight excluding hydrogens is 356 g/mol. The fourth-order valence-corrected chi connectivity index (χ4v) is 2.66. The van der Waals surface area contributed by atoms with E-state index in [-0.39, 0.29) is 12.5 Å². The second-order valence-electron chi connectivity index (χ2n) is 6.22. The lowest BCUT2D eigenvalue weighted by Crippen LogP contribution is -2.37. The summed E-state index contributed by atoms with van der Waals surface area (Å²) >= 11 is 0. The molecule has 142 valence electrons. The molecule has 0 aromatic heterocycles. The number of hydrogen-bond acceptors (Lipinski definition) is 4. The number of carbonyl (C=O) groups excluding carboxylic acids is 3. The van der Waals surface area contributed by atoms with Crippen molar-refractivity contribution in [3.8, 4) is 0 Å². The van der Waals surface area contributed by atoms with E-state index in [1.807, 2.05) is 60.7 Å². The van der Waals surface area contributed by atoms with Crippen LogP contribution in [-0.2, 0) is 16.0 Å². The molecule has 0 radical (unpaired) electrons. The van der Waals surface area contributed by atoms with E-state index in [4.69, 9.17) is 0 Å². The highest BCUT2D eigenvalue weighted by molar-refractivity contribution is 6.02. The van der Waals surface area contributed by atoms with Crippen LogP contribution in [-0.4, -0.2) is 41.7 Å². The molecule has 7 nitrogen and oxygen atoms in total. The highest BCUT2D eigenvalue weighted by atomic mass is 16.2. The monoisotopic (exact) mass is 376 g/mol. The van der Waals surface area contributed by atoms with E-state index in [0.717, 1.165) is 16.1 Å². The first-order valence-corrected chi connectivity index (χ1v) is 8.83. The predicted molar refractivity (Wildman–Crippen MR) is 106 cm³/mol. The van der Waals surface area contributed by atoms with Crippen molar-refractivity contribution in [3.63, 3.8) is 0 Å². The standard InChI is InChI=1S/C21H20N4O3/c26-19(12-11-16-7-3-1-4-8-16)23-18(13-17-9-5-2-6-10-17)14-22-25-15-20(27)24-21(25)28/h1-12,14,18H,13,15H2,(H,23,26)(H,24,27,28)/b12-11+,22-14-. The Kier molecular flexibility index (Phi) is 6.30. The van der Waals surface area contributed by atoms with Crippen LogP contribution >= 0.6 is 0 Å². The molecule has 7 heteroatoms. The van der Waals surface area contributed by atoms with E-state index in [0.29, 0.717) is 6.42 Å². The van der Waals surface area contributed by atoms with E-state index >= 15 is 0 Å². The minimum atomic E-state index is -0.574. The summed E-state index contributed by atoms with van der Waals surface area (Å²) in [5.74, 6) is -0.685. The first kappa shape index (κ1) is 19.0. The normalized spacial score (nSPS) is 15.2. The molecule has 1 heterocycles. The van der Waals surface area contributed by atoms with Gasteiger partial charge in [0.25, 0.3) is 0 Å². The Morgan fingerprint density at radius 3 is 2.43 bits per heavy atom. The van der Waals surface area contributed by atoms with Gasteiger partial charge in [-0.25, -0.2) is 9.80 Å². The second kappa shape index (κ2) is 9.27. The number of imide groups is 1. The molecule has 2 N–H and O–H groups in total. The Hall–Kier alpha value is -3.74. The molecule has 1 aliphatic heterocycles. The molecule has 1 atom stereocenters. The van der Waals surface area contributed by atoms with Gasteiger partial charge in [0.15, 0.2) is 0 Å². The molecule has 3 rings (SSSR count). The zero-order valence-electron chi connectivity index (χ0n) is 15.1. The van der Waals surface area contributed by atoms with Gasteiger partial charge in [-0.05, 0) is 23.6 Å². The average molecular weight is 376 g/mol. The molecule has 0 saturated carbocycles. The molecule has 1 saturated heterocycles. The van der Waals surface area contributed by atoms with E-state index in [1.54, 1.807) is 6.08 Å². The number of urea groups is 1. The number of amides is 4. The molecule has 2 aromatic carbocycles. The lowest BCUT2D eigenvalue weighted by molar-refractivity contribution is -0.118. The van der Waals surface area contributed by atoms with E-state index in [9.17, 15) is 14.4 Å². The van der Waals surface area contributed by atoms with Gasteiger partial charge in [0.05, 0.1) is 6.04 Å². The van der Waals surface area contributed by atoms with Crippen molar-refractivity contribution in [3.05, 3.63) is 77.9 Å². The van der Waals surface area contributed by atoms with E-state index < -0.39 is 18.0 Å². The second-order valence-corrected chi connectivity index (χ2v) is 6.22. The highest BCUT2D eigenvalue weighted by Crippen LogP contribution is 2.05. The fourth-order valence-electron chi connectivity index (χ4n) is 2.66. The van der Waals surface area contributed by atoms with Crippen LogP contribution in [0.3, 0.4) is 0 Å². The number of nitrogens with zero attached hydrogens (tertiary/aromatic N) is 2. The Balaban J connectivity index is 1.68. The van der Waals surface area contributed by atoms with Crippen molar-refractivity contribution in [1.29, 1.82) is 0 Å². The summed E-state index contributed by atoms with van der Waals surface area (Å²) in [6.07, 6.45) is 5.14. The van der Waals surface area contributed by atoms with Crippen LogP contribution in [0.15, 0.2) is 71.8 Å². The Bertz CT molecular complexity index is 894. The average Bonchev–Trinajstić information content (AvgIpc) is 3.03. The molecule has 28 heavy (non-hydrogen) atoms. The first-order chi connectivity index (χ1) is 13.6. The quantitative estimate of drug-likeness (QED) is 0.440. The van der Waals surface area contributed by atoms with Gasteiger partial charge in [-0.15, -0.1) is 0 Å². The van der Waals surface area contributed by atoms with Crippen LogP contribution in [0, 0.1) is 0 Å². The van der Waals surface area contributed by atoms with Gasteiger partial charge in [-0.3, -0.25) is 14.9 Å². The summed E-state index contributed by atoms with van der Waals surface area (Å²) in [5.41, 5.74) is 1.92. The van der Waals surface area contributed by atoms with E-state index in [1.165, 1.54) is 12.3 Å². The molecule has 4 amide bonds. The summed E-state index contributed by atoms with van der Waals surface area (Å²) in [4.78, 5) is 35.2. The first-order valence-electron chi connectivity index (χ1n) is 8.83. The lowest BCUT2D eigenvalue weighted by Gasteiger charge is -2.15. The number of nitrogens with one attached hydrogen (secondary N) is 2. The number of hydrazone groups is 1. The Labute approximate surface area is 162 Å². The number of benzene rings is 2. The third kappa shape index (κ3) is 5.63. The van der Waals surface area contributed by atoms with Crippen molar-refractivity contribution in [2.24, 2.45) is 5.10 Å². The van der Waals surface area contributed by atoms with Gasteiger partial charge in [0.2, 0.25) is 11.8 Å². The predicted octanol–water partition coefficient (Wildman–Crippen LogP) is 1.96. The van der Waals surface area contributed by atoms with Crippen molar-refractivity contribution in [2.75, 3.05) is 6.54 Å². The van der Waals surface area contributed by atoms with Gasteiger partial charge < -0.3 is 5.32 Å². The summed E-state index contributed by atoms with van der Waals surface area (Å²) in [5, 5.41) is 10.1. The lowest BCUT2D eigenvalue weighted by atomic mass is 10.1. The molecule has 1 aliphatic rings. The zero-order chi connectivity index (χ0) is 19.8. The maximum absolute atomic E-state index is 12.3. The Morgan fingerprint density at radius 2 is 1.79 bits per heavy atom. The minimum Gasteiger partial charge on any atom is -0.344 e. The molecular formula is C21H20N4O3. The molecule has 1 unspecified atom stereocenters. The maximum atomic E-state index is 12.3. The topological polar surface area (TPSA) is 90.9 Å². The van der Waals surface area contributed by atoms with Crippen LogP contribution in [0.25, 0.3) is 6.08 Å². The largest absolute Gasteiger partial charge is 0.344 e. The summed E-state index contributed by atoms with van der Waals surface area (Å²) < 4.78 is 0. The van der Waals surface area contributed by atoms with Gasteiger partial charge >= 0.3 is 6.03 Å². The smallest absolute Gasteiger partial charge is 0.344 e. The van der Waals surface area contributed by atoms with E-state index in [2.05, 4.69) is 15.7 Å². The van der Waals surface area contributed by atoms with Crippen LogP contribution in [0.2, 0.25) is 0 Å². The molecule has 0 aliphatic carbocycles. The van der Waals surface area contributed by atoms with Gasteiger partial charge in [-0.2, -0.15) is 5.10 Å². The fraction of sp³-hybridized carbons (Fsp3) is 0.143. The maximum Gasteiger partial charge on any atom is 0.344 e. The van der Waals surface area contributed by atoms with Crippen LogP contribution in [0.1, 0.15) is 11.1 Å². The zero-order valence-corrected chi connectivity index (χ0v) is 15.1. The third-order valence-electron chi connectivity index (χ3n) is 4.01. The van der Waals surface area contributed by atoms with Crippen molar-refractivity contribution in [1.82, 2.24) is 15.6 Å². The molecule has 1 fully saturated rings. The van der Waals surface area contributed by atoms with Crippen molar-refractivity contribution >= 4 is 30.1 Å². The van der Waals surface area contributed by atoms with Crippen LogP contribution in [0.4, 0.5) is 4.79 Å². The van der Waals surface area contributed by atoms with Crippen molar-refractivity contribution in [2.45, 2.75) is 12.5 Å². The molecule has 0 bridgehead atoms. The third-order valence-corrected chi connectivity index (χ3v) is 4.01. The van der Waals surface area contributed by atoms with Gasteiger partial charge in [0.1, 0.15) is 6.54 Å². The molecule has 0 spiro atoms. The van der Waals surface area contributed by atoms with Gasteiger partial charge in [-0.1, -0.05) is 60.7 Å². The highest BCUT2D eigenvalue weighted by Gasteiger charge is 2.26. The number of carbonyl (C=O) groups is 3. The Morgan fingerprint density at radius 1 is 1.11 bits per heavy atom. The summed E-state index contributed by atoms with van der Waals surface area (Å²) in [6.45, 7) is -0.130. The number of hydrogen-bond donors (Lipinski definition) is 2. The van der Waals surface area contributed by atoms with Crippen molar-refractivity contribution < 1.29 is 14.4 Å².